The zero-order chi connectivity index (χ0) is 20.5. The number of rotatable bonds is 5. The highest BCUT2D eigenvalue weighted by atomic mass is 16.4. The van der Waals surface area contributed by atoms with Gasteiger partial charge < -0.3 is 20.6 Å². The zero-order valence-corrected chi connectivity index (χ0v) is 14.9. The van der Waals surface area contributed by atoms with E-state index in [1.54, 1.807) is 40.9 Å². The number of hydrogen-bond acceptors (Lipinski definition) is 5. The number of aromatic carboxylic acids is 2. The maximum Gasteiger partial charge on any atom is 0.336 e. The van der Waals surface area contributed by atoms with Crippen molar-refractivity contribution in [2.24, 2.45) is 0 Å². The molecule has 2 heterocycles. The molecule has 2 aromatic heterocycles. The van der Waals surface area contributed by atoms with Crippen LogP contribution in [0.2, 0.25) is 0 Å². The van der Waals surface area contributed by atoms with Gasteiger partial charge in [-0.05, 0) is 42.5 Å². The summed E-state index contributed by atoms with van der Waals surface area (Å²) in [7, 11) is 0. The van der Waals surface area contributed by atoms with Crippen molar-refractivity contribution in [2.75, 3.05) is 5.32 Å². The average molecular weight is 389 g/mol. The van der Waals surface area contributed by atoms with Crippen LogP contribution in [-0.4, -0.2) is 36.6 Å². The third-order valence-corrected chi connectivity index (χ3v) is 4.43. The van der Waals surface area contributed by atoms with Crippen LogP contribution in [-0.2, 0) is 0 Å². The molecule has 8 nitrogen and oxygen atoms in total. The molecule has 0 bridgehead atoms. The molecular weight excluding hydrogens is 374 g/mol. The Labute approximate surface area is 164 Å². The molecule has 0 aliphatic carbocycles. The van der Waals surface area contributed by atoms with Crippen LogP contribution in [0.4, 0.5) is 11.5 Å². The van der Waals surface area contributed by atoms with Gasteiger partial charge in [0.1, 0.15) is 22.9 Å². The van der Waals surface area contributed by atoms with E-state index in [1.165, 1.54) is 18.2 Å². The number of nitrogens with zero attached hydrogens (tertiary/aromatic N) is 2. The fraction of sp³-hybridized carbons (Fsp3) is 0. The lowest BCUT2D eigenvalue weighted by molar-refractivity contribution is 0.0651. The Morgan fingerprint density at radius 3 is 2.34 bits per heavy atom. The number of aromatic hydroxyl groups is 1. The lowest BCUT2D eigenvalue weighted by Gasteiger charge is -2.11. The summed E-state index contributed by atoms with van der Waals surface area (Å²) in [6.45, 7) is 0. The molecule has 0 unspecified atom stereocenters. The van der Waals surface area contributed by atoms with Gasteiger partial charge in [-0.1, -0.05) is 18.2 Å². The number of pyridine rings is 1. The number of para-hydroxylation sites is 1. The van der Waals surface area contributed by atoms with Crippen LogP contribution >= 0.6 is 0 Å². The first-order valence-corrected chi connectivity index (χ1v) is 8.59. The van der Waals surface area contributed by atoms with Crippen molar-refractivity contribution < 1.29 is 24.9 Å². The highest BCUT2D eigenvalue weighted by Gasteiger charge is 2.19. The van der Waals surface area contributed by atoms with Crippen molar-refractivity contribution in [1.82, 2.24) is 9.38 Å². The summed E-state index contributed by atoms with van der Waals surface area (Å²) in [5.74, 6) is -2.11. The van der Waals surface area contributed by atoms with Gasteiger partial charge in [-0.3, -0.25) is 4.40 Å². The van der Waals surface area contributed by atoms with Crippen LogP contribution in [0.5, 0.6) is 5.75 Å². The third-order valence-electron chi connectivity index (χ3n) is 4.43. The number of hydrogen-bond donors (Lipinski definition) is 4. The molecule has 0 aliphatic heterocycles. The van der Waals surface area contributed by atoms with Crippen molar-refractivity contribution in [2.45, 2.75) is 0 Å². The summed E-state index contributed by atoms with van der Waals surface area (Å²) < 4.78 is 1.76. The number of fused-ring (bicyclic) bond motifs is 1. The van der Waals surface area contributed by atoms with E-state index < -0.39 is 11.9 Å². The summed E-state index contributed by atoms with van der Waals surface area (Å²) >= 11 is 0. The second-order valence-corrected chi connectivity index (χ2v) is 6.25. The fourth-order valence-corrected chi connectivity index (χ4v) is 3.10. The van der Waals surface area contributed by atoms with Crippen molar-refractivity contribution >= 4 is 29.1 Å². The van der Waals surface area contributed by atoms with Crippen LogP contribution in [0.1, 0.15) is 20.7 Å². The minimum absolute atomic E-state index is 0.0476. The number of phenols is 1. The Morgan fingerprint density at radius 2 is 1.62 bits per heavy atom. The Morgan fingerprint density at radius 1 is 0.897 bits per heavy atom. The summed E-state index contributed by atoms with van der Waals surface area (Å²) in [5, 5.41) is 32.0. The van der Waals surface area contributed by atoms with Crippen molar-refractivity contribution in [3.8, 4) is 17.0 Å². The second kappa shape index (κ2) is 7.01. The van der Waals surface area contributed by atoms with Crippen molar-refractivity contribution in [3.63, 3.8) is 0 Å². The fourth-order valence-electron chi connectivity index (χ4n) is 3.10. The number of carboxylic acids is 2. The van der Waals surface area contributed by atoms with Gasteiger partial charge in [0.15, 0.2) is 0 Å². The Kier molecular flexibility index (Phi) is 4.36. The molecule has 0 atom stereocenters. The summed E-state index contributed by atoms with van der Waals surface area (Å²) in [6.07, 6.45) is 1.78. The van der Waals surface area contributed by atoms with Gasteiger partial charge in [0, 0.05) is 17.4 Å². The van der Waals surface area contributed by atoms with Crippen LogP contribution in [0.25, 0.3) is 16.9 Å². The van der Waals surface area contributed by atoms with E-state index >= 15 is 0 Å². The molecule has 8 heteroatoms. The molecule has 144 valence electrons. The molecule has 2 aromatic carbocycles. The van der Waals surface area contributed by atoms with Crippen LogP contribution in [0.3, 0.4) is 0 Å². The molecule has 4 aromatic rings. The van der Waals surface area contributed by atoms with Gasteiger partial charge in [0.2, 0.25) is 0 Å². The second-order valence-electron chi connectivity index (χ2n) is 6.25. The maximum atomic E-state index is 11.5. The van der Waals surface area contributed by atoms with Crippen LogP contribution < -0.4 is 5.32 Å². The summed E-state index contributed by atoms with van der Waals surface area (Å²) in [5.41, 5.74) is 1.32. The molecule has 0 radical (unpaired) electrons. The summed E-state index contributed by atoms with van der Waals surface area (Å²) in [4.78, 5) is 27.3. The maximum absolute atomic E-state index is 11.5. The third kappa shape index (κ3) is 3.23. The molecule has 0 fully saturated rings. The molecule has 4 N–H and O–H groups in total. The van der Waals surface area contributed by atoms with Gasteiger partial charge in [-0.2, -0.15) is 0 Å². The largest absolute Gasteiger partial charge is 0.507 e. The predicted molar refractivity (Wildman–Crippen MR) is 106 cm³/mol. The lowest BCUT2D eigenvalue weighted by atomic mass is 10.1. The quantitative estimate of drug-likeness (QED) is 0.409. The van der Waals surface area contributed by atoms with Gasteiger partial charge in [0.25, 0.3) is 0 Å². The Bertz CT molecular complexity index is 1260. The smallest absolute Gasteiger partial charge is 0.336 e. The van der Waals surface area contributed by atoms with Crippen LogP contribution in [0, 0.1) is 0 Å². The topological polar surface area (TPSA) is 124 Å². The van der Waals surface area contributed by atoms with E-state index in [2.05, 4.69) is 10.3 Å². The first kappa shape index (κ1) is 18.1. The van der Waals surface area contributed by atoms with E-state index in [4.69, 9.17) is 0 Å². The molecule has 0 saturated heterocycles. The number of phenolic OH excluding ortho intramolecular Hbond substituents is 1. The molecule has 0 spiro atoms. The van der Waals surface area contributed by atoms with E-state index in [0.29, 0.717) is 28.4 Å². The molecule has 4 rings (SSSR count). The molecule has 0 saturated carbocycles. The van der Waals surface area contributed by atoms with E-state index in [-0.39, 0.29) is 16.9 Å². The first-order chi connectivity index (χ1) is 14.0. The minimum atomic E-state index is -1.34. The normalized spacial score (nSPS) is 10.8. The molecular formula is C21H15N3O5. The van der Waals surface area contributed by atoms with Crippen LogP contribution in [0.15, 0.2) is 66.9 Å². The van der Waals surface area contributed by atoms with E-state index in [1.807, 2.05) is 12.1 Å². The van der Waals surface area contributed by atoms with Gasteiger partial charge >= 0.3 is 11.9 Å². The first-order valence-electron chi connectivity index (χ1n) is 8.59. The number of aromatic nitrogens is 2. The van der Waals surface area contributed by atoms with Crippen molar-refractivity contribution in [3.05, 3.63) is 78.0 Å². The molecule has 29 heavy (non-hydrogen) atoms. The SMILES string of the molecule is O=C(O)c1ccc(Nc2c(-c3ccccc3O)nc3ccccn23)cc1C(=O)O. The van der Waals surface area contributed by atoms with E-state index in [0.717, 1.165) is 0 Å². The number of carboxylic acid groups (broad SMARTS) is 2. The predicted octanol–water partition coefficient (Wildman–Crippen LogP) is 3.85. The number of anilines is 2. The highest BCUT2D eigenvalue weighted by molar-refractivity contribution is 6.02. The molecule has 0 aliphatic rings. The average Bonchev–Trinajstić information content (AvgIpc) is 3.06. The van der Waals surface area contributed by atoms with Gasteiger partial charge in [0.05, 0.1) is 11.1 Å². The number of benzene rings is 2. The van der Waals surface area contributed by atoms with Gasteiger partial charge in [-0.25, -0.2) is 14.6 Å². The number of nitrogens with one attached hydrogen (secondary N) is 1. The monoisotopic (exact) mass is 389 g/mol. The number of imidazole rings is 1. The zero-order valence-electron chi connectivity index (χ0n) is 14.9. The Hall–Kier alpha value is -4.33. The lowest BCUT2D eigenvalue weighted by Crippen LogP contribution is -2.09. The Balaban J connectivity index is 1.88. The molecule has 0 amide bonds. The highest BCUT2D eigenvalue weighted by Crippen LogP contribution is 2.36. The van der Waals surface area contributed by atoms with Crippen molar-refractivity contribution in [1.29, 1.82) is 0 Å². The standard InChI is InChI=1S/C21H15N3O5/c25-16-6-2-1-5-14(16)18-19(24-10-4-3-7-17(24)23-18)22-12-8-9-13(20(26)27)15(11-12)21(28)29/h1-11,22,25H,(H,26,27)(H,28,29). The minimum Gasteiger partial charge on any atom is -0.507 e. The summed E-state index contributed by atoms with van der Waals surface area (Å²) in [6, 6.07) is 16.1. The number of carbonyl (C=O) groups is 2. The van der Waals surface area contributed by atoms with Gasteiger partial charge in [-0.15, -0.1) is 0 Å². The van der Waals surface area contributed by atoms with E-state index in [9.17, 15) is 24.9 Å².